The predicted octanol–water partition coefficient (Wildman–Crippen LogP) is 4.44. The van der Waals surface area contributed by atoms with Gasteiger partial charge >= 0.3 is 0 Å². The predicted molar refractivity (Wildman–Crippen MR) is 109 cm³/mol. The SMILES string of the molecule is COc1ccc2nc(C(C#N)=Cc3cc(C)n(-c4cccnc4)c3C)[nH]c2c1. The summed E-state index contributed by atoms with van der Waals surface area (Å²) in [4.78, 5) is 12.0. The van der Waals surface area contributed by atoms with Crippen molar-refractivity contribution in [2.45, 2.75) is 13.8 Å². The molecule has 3 aromatic heterocycles. The lowest BCUT2D eigenvalue weighted by Gasteiger charge is -2.08. The van der Waals surface area contributed by atoms with E-state index in [-0.39, 0.29) is 0 Å². The molecule has 4 aromatic rings. The second-order valence-corrected chi connectivity index (χ2v) is 6.51. The van der Waals surface area contributed by atoms with Crippen molar-refractivity contribution < 1.29 is 4.74 Å². The quantitative estimate of drug-likeness (QED) is 0.539. The molecule has 6 heteroatoms. The first-order chi connectivity index (χ1) is 13.6. The van der Waals surface area contributed by atoms with Crippen molar-refractivity contribution in [1.29, 1.82) is 5.26 Å². The van der Waals surface area contributed by atoms with Gasteiger partial charge in [-0.15, -0.1) is 0 Å². The Kier molecular flexibility index (Phi) is 4.42. The molecule has 0 atom stereocenters. The van der Waals surface area contributed by atoms with Crippen molar-refractivity contribution in [1.82, 2.24) is 19.5 Å². The van der Waals surface area contributed by atoms with Gasteiger partial charge in [-0.3, -0.25) is 4.98 Å². The summed E-state index contributed by atoms with van der Waals surface area (Å²) in [6.07, 6.45) is 5.44. The van der Waals surface area contributed by atoms with Crippen molar-refractivity contribution in [3.05, 3.63) is 71.6 Å². The highest BCUT2D eigenvalue weighted by molar-refractivity contribution is 5.91. The summed E-state index contributed by atoms with van der Waals surface area (Å²) in [5.41, 5.74) is 6.16. The number of rotatable bonds is 4. The van der Waals surface area contributed by atoms with Crippen LogP contribution in [0.4, 0.5) is 0 Å². The van der Waals surface area contributed by atoms with Crippen molar-refractivity contribution in [2.75, 3.05) is 7.11 Å². The molecule has 0 aliphatic rings. The fourth-order valence-corrected chi connectivity index (χ4v) is 3.37. The Bertz CT molecular complexity index is 1230. The Morgan fingerprint density at radius 2 is 2.11 bits per heavy atom. The molecule has 1 N–H and O–H groups in total. The maximum absolute atomic E-state index is 9.73. The van der Waals surface area contributed by atoms with Gasteiger partial charge in [0, 0.05) is 23.7 Å². The summed E-state index contributed by atoms with van der Waals surface area (Å²) in [6.45, 7) is 4.07. The molecule has 0 bridgehead atoms. The zero-order valence-corrected chi connectivity index (χ0v) is 15.9. The molecule has 4 rings (SSSR count). The van der Waals surface area contributed by atoms with Crippen molar-refractivity contribution in [2.24, 2.45) is 0 Å². The molecule has 0 fully saturated rings. The average Bonchev–Trinajstić information content (AvgIpc) is 3.26. The number of imidazole rings is 1. The topological polar surface area (TPSA) is 79.5 Å². The van der Waals surface area contributed by atoms with Crippen LogP contribution >= 0.6 is 0 Å². The number of nitrogens with zero attached hydrogens (tertiary/aromatic N) is 4. The fourth-order valence-electron chi connectivity index (χ4n) is 3.37. The number of pyridine rings is 1. The lowest BCUT2D eigenvalue weighted by Crippen LogP contribution is -1.99. The van der Waals surface area contributed by atoms with E-state index in [1.165, 1.54) is 0 Å². The van der Waals surface area contributed by atoms with E-state index in [1.807, 2.05) is 56.5 Å². The number of fused-ring (bicyclic) bond motifs is 1. The number of ether oxygens (including phenoxy) is 1. The van der Waals surface area contributed by atoms with Crippen LogP contribution in [-0.4, -0.2) is 26.6 Å². The number of benzene rings is 1. The molecule has 1 aromatic carbocycles. The van der Waals surface area contributed by atoms with Gasteiger partial charge in [-0.2, -0.15) is 5.26 Å². The largest absolute Gasteiger partial charge is 0.497 e. The van der Waals surface area contributed by atoms with Crippen molar-refractivity contribution in [3.8, 4) is 17.5 Å². The first-order valence-electron chi connectivity index (χ1n) is 8.86. The summed E-state index contributed by atoms with van der Waals surface area (Å²) >= 11 is 0. The molecule has 6 nitrogen and oxygen atoms in total. The Labute approximate surface area is 162 Å². The molecule has 0 saturated carbocycles. The van der Waals surface area contributed by atoms with Gasteiger partial charge in [0.1, 0.15) is 17.6 Å². The summed E-state index contributed by atoms with van der Waals surface area (Å²) in [5, 5.41) is 9.73. The second-order valence-electron chi connectivity index (χ2n) is 6.51. The van der Waals surface area contributed by atoms with E-state index in [2.05, 4.69) is 31.7 Å². The molecule has 0 spiro atoms. The summed E-state index contributed by atoms with van der Waals surface area (Å²) in [7, 11) is 1.62. The van der Waals surface area contributed by atoms with Crippen molar-refractivity contribution >= 4 is 22.7 Å². The molecule has 0 radical (unpaired) electrons. The van der Waals surface area contributed by atoms with Crippen LogP contribution in [0.25, 0.3) is 28.4 Å². The monoisotopic (exact) mass is 369 g/mol. The van der Waals surface area contributed by atoms with E-state index in [1.54, 1.807) is 13.3 Å². The van der Waals surface area contributed by atoms with Gasteiger partial charge in [-0.1, -0.05) is 0 Å². The third kappa shape index (κ3) is 3.03. The van der Waals surface area contributed by atoms with Crippen LogP contribution in [0.3, 0.4) is 0 Å². The van der Waals surface area contributed by atoms with Gasteiger partial charge in [0.05, 0.1) is 35.6 Å². The maximum Gasteiger partial charge on any atom is 0.149 e. The number of aromatic amines is 1. The first-order valence-corrected chi connectivity index (χ1v) is 8.86. The van der Waals surface area contributed by atoms with E-state index in [9.17, 15) is 5.26 Å². The van der Waals surface area contributed by atoms with E-state index < -0.39 is 0 Å². The fraction of sp³-hybridized carbons (Fsp3) is 0.136. The number of aromatic nitrogens is 4. The number of hydrogen-bond donors (Lipinski definition) is 1. The van der Waals surface area contributed by atoms with Crippen LogP contribution in [0.5, 0.6) is 5.75 Å². The number of methoxy groups -OCH3 is 1. The summed E-state index contributed by atoms with van der Waals surface area (Å²) < 4.78 is 7.37. The molecule has 0 aliphatic heterocycles. The lowest BCUT2D eigenvalue weighted by atomic mass is 10.1. The molecular weight excluding hydrogens is 350 g/mol. The van der Waals surface area contributed by atoms with Crippen LogP contribution in [0, 0.1) is 25.2 Å². The van der Waals surface area contributed by atoms with Gasteiger partial charge in [0.2, 0.25) is 0 Å². The zero-order chi connectivity index (χ0) is 19.7. The van der Waals surface area contributed by atoms with Gasteiger partial charge in [0.15, 0.2) is 0 Å². The van der Waals surface area contributed by atoms with Crippen LogP contribution in [0.2, 0.25) is 0 Å². The van der Waals surface area contributed by atoms with Gasteiger partial charge in [0.25, 0.3) is 0 Å². The number of hydrogen-bond acceptors (Lipinski definition) is 4. The maximum atomic E-state index is 9.73. The molecular formula is C22H19N5O. The van der Waals surface area contributed by atoms with Crippen LogP contribution in [-0.2, 0) is 0 Å². The third-order valence-corrected chi connectivity index (χ3v) is 4.74. The van der Waals surface area contributed by atoms with E-state index >= 15 is 0 Å². The highest BCUT2D eigenvalue weighted by atomic mass is 16.5. The standard InChI is InChI=1S/C22H19N5O/c1-14-9-16(15(2)27(14)18-5-4-8-24-13-18)10-17(12-23)22-25-20-7-6-19(28-3)11-21(20)26-22/h4-11,13H,1-3H3,(H,25,26). The third-order valence-electron chi connectivity index (χ3n) is 4.74. The Morgan fingerprint density at radius 1 is 1.25 bits per heavy atom. The van der Waals surface area contributed by atoms with Gasteiger partial charge in [-0.05, 0) is 55.8 Å². The molecule has 0 saturated heterocycles. The first kappa shape index (κ1) is 17.6. The zero-order valence-electron chi connectivity index (χ0n) is 15.9. The number of aryl methyl sites for hydroxylation is 1. The summed E-state index contributed by atoms with van der Waals surface area (Å²) in [5.74, 6) is 1.28. The molecule has 0 unspecified atom stereocenters. The van der Waals surface area contributed by atoms with Gasteiger partial charge < -0.3 is 14.3 Å². The average molecular weight is 369 g/mol. The minimum atomic E-state index is 0.474. The van der Waals surface area contributed by atoms with Crippen LogP contribution in [0.1, 0.15) is 22.8 Å². The van der Waals surface area contributed by atoms with Crippen molar-refractivity contribution in [3.63, 3.8) is 0 Å². The Hall–Kier alpha value is -3.85. The van der Waals surface area contributed by atoms with Crippen LogP contribution < -0.4 is 4.74 Å². The highest BCUT2D eigenvalue weighted by Gasteiger charge is 2.13. The van der Waals surface area contributed by atoms with E-state index in [4.69, 9.17) is 4.74 Å². The smallest absolute Gasteiger partial charge is 0.149 e. The second kappa shape index (κ2) is 7.05. The Morgan fingerprint density at radius 3 is 2.82 bits per heavy atom. The molecule has 0 aliphatic carbocycles. The minimum Gasteiger partial charge on any atom is -0.497 e. The highest BCUT2D eigenvalue weighted by Crippen LogP contribution is 2.26. The Balaban J connectivity index is 1.78. The number of H-pyrrole nitrogens is 1. The molecule has 0 amide bonds. The number of nitrogens with one attached hydrogen (secondary N) is 1. The van der Waals surface area contributed by atoms with Gasteiger partial charge in [-0.25, -0.2) is 4.98 Å². The minimum absolute atomic E-state index is 0.474. The number of nitriles is 1. The van der Waals surface area contributed by atoms with E-state index in [0.717, 1.165) is 39.4 Å². The number of allylic oxidation sites excluding steroid dienone is 1. The molecule has 28 heavy (non-hydrogen) atoms. The molecule has 138 valence electrons. The lowest BCUT2D eigenvalue weighted by molar-refractivity contribution is 0.415. The normalized spacial score (nSPS) is 11.6. The van der Waals surface area contributed by atoms with Crippen LogP contribution in [0.15, 0.2) is 48.8 Å². The summed E-state index contributed by atoms with van der Waals surface area (Å²) in [6, 6.07) is 13.8. The van der Waals surface area contributed by atoms with E-state index in [0.29, 0.717) is 11.4 Å². The molecule has 3 heterocycles.